The van der Waals surface area contributed by atoms with Gasteiger partial charge < -0.3 is 10.2 Å². The van der Waals surface area contributed by atoms with Gasteiger partial charge in [0.25, 0.3) is 0 Å². The Bertz CT molecular complexity index is 466. The molecule has 1 aliphatic rings. The summed E-state index contributed by atoms with van der Waals surface area (Å²) >= 11 is 0. The van der Waals surface area contributed by atoms with Crippen LogP contribution in [0.2, 0.25) is 0 Å². The summed E-state index contributed by atoms with van der Waals surface area (Å²) in [5.74, 6) is 0.164. The SMILES string of the molecule is CCCCN(CCCC)CCNC(=O)C1CCN(S(=O)(=O)CC)CC1. The van der Waals surface area contributed by atoms with E-state index in [9.17, 15) is 13.2 Å². The minimum atomic E-state index is -3.12. The number of piperidine rings is 1. The fourth-order valence-corrected chi connectivity index (χ4v) is 4.29. The van der Waals surface area contributed by atoms with Gasteiger partial charge in [-0.05, 0) is 45.7 Å². The van der Waals surface area contributed by atoms with Crippen molar-refractivity contribution in [2.24, 2.45) is 5.92 Å². The van der Waals surface area contributed by atoms with E-state index >= 15 is 0 Å². The van der Waals surface area contributed by atoms with Gasteiger partial charge in [0.15, 0.2) is 0 Å². The topological polar surface area (TPSA) is 69.7 Å². The van der Waals surface area contributed by atoms with Gasteiger partial charge in [-0.2, -0.15) is 0 Å². The Kier molecular flexibility index (Phi) is 10.6. The molecular formula is C18H37N3O3S. The Balaban J connectivity index is 2.32. The smallest absolute Gasteiger partial charge is 0.223 e. The molecule has 7 heteroatoms. The van der Waals surface area contributed by atoms with Crippen molar-refractivity contribution in [3.63, 3.8) is 0 Å². The highest BCUT2D eigenvalue weighted by Crippen LogP contribution is 2.19. The van der Waals surface area contributed by atoms with Gasteiger partial charge in [0.05, 0.1) is 5.75 Å². The van der Waals surface area contributed by atoms with Crippen molar-refractivity contribution >= 4 is 15.9 Å². The molecule has 1 saturated heterocycles. The van der Waals surface area contributed by atoms with E-state index < -0.39 is 10.0 Å². The first-order valence-corrected chi connectivity index (χ1v) is 11.5. The van der Waals surface area contributed by atoms with E-state index in [2.05, 4.69) is 24.1 Å². The molecule has 148 valence electrons. The molecular weight excluding hydrogens is 338 g/mol. The summed E-state index contributed by atoms with van der Waals surface area (Å²) in [5, 5.41) is 3.05. The lowest BCUT2D eigenvalue weighted by molar-refractivity contribution is -0.126. The largest absolute Gasteiger partial charge is 0.355 e. The summed E-state index contributed by atoms with van der Waals surface area (Å²) in [5.41, 5.74) is 0. The van der Waals surface area contributed by atoms with Gasteiger partial charge in [-0.1, -0.05) is 26.7 Å². The van der Waals surface area contributed by atoms with E-state index in [4.69, 9.17) is 0 Å². The second-order valence-corrected chi connectivity index (χ2v) is 9.17. The molecule has 1 rings (SSSR count). The first kappa shape index (κ1) is 22.4. The molecule has 0 bridgehead atoms. The molecule has 0 aromatic carbocycles. The van der Waals surface area contributed by atoms with Crippen LogP contribution in [-0.2, 0) is 14.8 Å². The zero-order chi connectivity index (χ0) is 18.7. The van der Waals surface area contributed by atoms with E-state index in [0.29, 0.717) is 32.5 Å². The van der Waals surface area contributed by atoms with Crippen LogP contribution in [0.15, 0.2) is 0 Å². The Morgan fingerprint density at radius 3 is 2.08 bits per heavy atom. The van der Waals surface area contributed by atoms with Crippen LogP contribution >= 0.6 is 0 Å². The quantitative estimate of drug-likeness (QED) is 0.567. The fraction of sp³-hybridized carbons (Fsp3) is 0.944. The van der Waals surface area contributed by atoms with E-state index in [-0.39, 0.29) is 17.6 Å². The molecule has 0 spiro atoms. The molecule has 1 fully saturated rings. The van der Waals surface area contributed by atoms with Crippen LogP contribution < -0.4 is 5.32 Å². The van der Waals surface area contributed by atoms with Crippen molar-refractivity contribution < 1.29 is 13.2 Å². The van der Waals surface area contributed by atoms with Crippen molar-refractivity contribution in [2.75, 3.05) is 45.0 Å². The second kappa shape index (κ2) is 11.9. The Labute approximate surface area is 154 Å². The molecule has 0 aromatic rings. The summed E-state index contributed by atoms with van der Waals surface area (Å²) in [7, 11) is -3.12. The molecule has 1 heterocycles. The third kappa shape index (κ3) is 8.05. The Hall–Kier alpha value is -0.660. The summed E-state index contributed by atoms with van der Waals surface area (Å²) < 4.78 is 25.3. The zero-order valence-corrected chi connectivity index (χ0v) is 17.1. The molecule has 0 aliphatic carbocycles. The summed E-state index contributed by atoms with van der Waals surface area (Å²) in [4.78, 5) is 14.8. The van der Waals surface area contributed by atoms with Crippen molar-refractivity contribution in [3.05, 3.63) is 0 Å². The first-order valence-electron chi connectivity index (χ1n) is 9.92. The van der Waals surface area contributed by atoms with Gasteiger partial charge in [0, 0.05) is 32.1 Å². The lowest BCUT2D eigenvalue weighted by Crippen LogP contribution is -2.44. The van der Waals surface area contributed by atoms with Gasteiger partial charge in [-0.25, -0.2) is 12.7 Å². The minimum absolute atomic E-state index is 0.0527. The fourth-order valence-electron chi connectivity index (χ4n) is 3.16. The zero-order valence-electron chi connectivity index (χ0n) is 16.3. The number of rotatable bonds is 12. The van der Waals surface area contributed by atoms with Crippen molar-refractivity contribution in [1.82, 2.24) is 14.5 Å². The maximum Gasteiger partial charge on any atom is 0.223 e. The number of hydrogen-bond acceptors (Lipinski definition) is 4. The van der Waals surface area contributed by atoms with Crippen molar-refractivity contribution in [3.8, 4) is 0 Å². The van der Waals surface area contributed by atoms with Crippen LogP contribution in [-0.4, -0.2) is 68.6 Å². The molecule has 1 aliphatic heterocycles. The lowest BCUT2D eigenvalue weighted by Gasteiger charge is -2.30. The molecule has 0 aromatic heterocycles. The van der Waals surface area contributed by atoms with Gasteiger partial charge in [-0.3, -0.25) is 4.79 Å². The molecule has 0 atom stereocenters. The van der Waals surface area contributed by atoms with Crippen molar-refractivity contribution in [2.45, 2.75) is 59.3 Å². The van der Waals surface area contributed by atoms with Crippen LogP contribution in [0.4, 0.5) is 0 Å². The number of hydrogen-bond donors (Lipinski definition) is 1. The number of sulfonamides is 1. The maximum atomic E-state index is 12.3. The second-order valence-electron chi connectivity index (χ2n) is 6.91. The Morgan fingerprint density at radius 1 is 1.04 bits per heavy atom. The summed E-state index contributed by atoms with van der Waals surface area (Å²) in [6.45, 7) is 10.8. The van der Waals surface area contributed by atoms with Gasteiger partial charge >= 0.3 is 0 Å². The van der Waals surface area contributed by atoms with Crippen LogP contribution in [0.25, 0.3) is 0 Å². The summed E-state index contributed by atoms with van der Waals surface area (Å²) in [6.07, 6.45) is 6.02. The van der Waals surface area contributed by atoms with E-state index in [1.54, 1.807) is 6.92 Å². The maximum absolute atomic E-state index is 12.3. The van der Waals surface area contributed by atoms with Crippen LogP contribution in [0.3, 0.4) is 0 Å². The monoisotopic (exact) mass is 375 g/mol. The van der Waals surface area contributed by atoms with E-state index in [1.165, 1.54) is 30.0 Å². The van der Waals surface area contributed by atoms with E-state index in [1.807, 2.05) is 0 Å². The van der Waals surface area contributed by atoms with Crippen LogP contribution in [0, 0.1) is 5.92 Å². The third-order valence-corrected chi connectivity index (χ3v) is 6.85. The average molecular weight is 376 g/mol. The van der Waals surface area contributed by atoms with Gasteiger partial charge in [-0.15, -0.1) is 0 Å². The molecule has 0 saturated carbocycles. The average Bonchev–Trinajstić information content (AvgIpc) is 2.63. The van der Waals surface area contributed by atoms with Gasteiger partial charge in [0.2, 0.25) is 15.9 Å². The molecule has 0 radical (unpaired) electrons. The predicted octanol–water partition coefficient (Wildman–Crippen LogP) is 2.07. The van der Waals surface area contributed by atoms with Crippen LogP contribution in [0.5, 0.6) is 0 Å². The highest BCUT2D eigenvalue weighted by Gasteiger charge is 2.29. The first-order chi connectivity index (χ1) is 11.9. The normalized spacial score (nSPS) is 17.1. The number of carbonyl (C=O) groups excluding carboxylic acids is 1. The lowest BCUT2D eigenvalue weighted by atomic mass is 9.97. The number of unbranched alkanes of at least 4 members (excludes halogenated alkanes) is 2. The summed E-state index contributed by atoms with van der Waals surface area (Å²) in [6, 6.07) is 0. The molecule has 1 N–H and O–H groups in total. The number of carbonyl (C=O) groups is 1. The van der Waals surface area contributed by atoms with Gasteiger partial charge in [0.1, 0.15) is 0 Å². The number of nitrogens with one attached hydrogen (secondary N) is 1. The standard InChI is InChI=1S/C18H37N3O3S/c1-4-7-12-20(13-8-5-2)16-11-19-18(22)17-9-14-21(15-10-17)25(23,24)6-3/h17H,4-16H2,1-3H3,(H,19,22). The third-order valence-electron chi connectivity index (χ3n) is 4.97. The number of amides is 1. The number of nitrogens with zero attached hydrogens (tertiary/aromatic N) is 2. The minimum Gasteiger partial charge on any atom is -0.355 e. The molecule has 25 heavy (non-hydrogen) atoms. The van der Waals surface area contributed by atoms with Crippen LogP contribution in [0.1, 0.15) is 59.3 Å². The highest BCUT2D eigenvalue weighted by atomic mass is 32.2. The molecule has 0 unspecified atom stereocenters. The highest BCUT2D eigenvalue weighted by molar-refractivity contribution is 7.89. The van der Waals surface area contributed by atoms with E-state index in [0.717, 1.165) is 19.6 Å². The Morgan fingerprint density at radius 2 is 1.60 bits per heavy atom. The molecule has 1 amide bonds. The molecule has 6 nitrogen and oxygen atoms in total. The van der Waals surface area contributed by atoms with Crippen molar-refractivity contribution in [1.29, 1.82) is 0 Å². The predicted molar refractivity (Wildman–Crippen MR) is 103 cm³/mol.